The molecule has 2 fully saturated rings. The van der Waals surface area contributed by atoms with E-state index in [0.29, 0.717) is 26.4 Å². The molecule has 4 rings (SSSR count). The van der Waals surface area contributed by atoms with E-state index >= 15 is 0 Å². The minimum absolute atomic E-state index is 0.00379. The lowest BCUT2D eigenvalue weighted by molar-refractivity contribution is -0.0301. The van der Waals surface area contributed by atoms with E-state index in [-0.39, 0.29) is 17.9 Å². The van der Waals surface area contributed by atoms with Gasteiger partial charge in [0.15, 0.2) is 5.78 Å². The number of morpholine rings is 2. The number of ketones is 1. The summed E-state index contributed by atoms with van der Waals surface area (Å²) in [5, 5.41) is 0. The minimum atomic E-state index is -0.244. The van der Waals surface area contributed by atoms with Gasteiger partial charge < -0.3 is 9.47 Å². The van der Waals surface area contributed by atoms with E-state index in [9.17, 15) is 4.79 Å². The minimum Gasteiger partial charge on any atom is -0.379 e. The highest BCUT2D eigenvalue weighted by Crippen LogP contribution is 2.31. The van der Waals surface area contributed by atoms with Gasteiger partial charge >= 0.3 is 0 Å². The zero-order chi connectivity index (χ0) is 19.2. The summed E-state index contributed by atoms with van der Waals surface area (Å²) in [6, 6.07) is 19.9. The number of hydrogen-bond donors (Lipinski definition) is 0. The molecule has 2 aliphatic rings. The summed E-state index contributed by atoms with van der Waals surface area (Å²) in [5.74, 6) is 0.183. The van der Waals surface area contributed by atoms with Crippen molar-refractivity contribution >= 4 is 5.78 Å². The number of rotatable bonds is 6. The van der Waals surface area contributed by atoms with E-state index in [2.05, 4.69) is 34.1 Å². The van der Waals surface area contributed by atoms with Gasteiger partial charge in [0, 0.05) is 31.7 Å². The summed E-state index contributed by atoms with van der Waals surface area (Å²) < 4.78 is 11.2. The standard InChI is InChI=1S/C23H28N2O3/c26-23(20-9-5-2-6-10-20)22(25-13-17-28-18-14-25)21(19-7-3-1-4-8-19)24-11-15-27-16-12-24/h1-10,21-22H,11-18H2/t21-,22+/m1/s1. The maximum Gasteiger partial charge on any atom is 0.181 e. The van der Waals surface area contributed by atoms with Gasteiger partial charge in [-0.1, -0.05) is 60.7 Å². The first-order chi connectivity index (χ1) is 13.8. The van der Waals surface area contributed by atoms with Gasteiger partial charge in [-0.2, -0.15) is 0 Å². The van der Waals surface area contributed by atoms with Crippen LogP contribution in [0.4, 0.5) is 0 Å². The molecule has 2 aromatic rings. The molecule has 0 amide bonds. The van der Waals surface area contributed by atoms with Crippen LogP contribution in [-0.2, 0) is 9.47 Å². The van der Waals surface area contributed by atoms with Crippen molar-refractivity contribution in [1.29, 1.82) is 0 Å². The van der Waals surface area contributed by atoms with Crippen LogP contribution in [-0.4, -0.2) is 74.2 Å². The predicted molar refractivity (Wildman–Crippen MR) is 109 cm³/mol. The molecule has 0 N–H and O–H groups in total. The molecule has 2 atom stereocenters. The Balaban J connectivity index is 1.74. The molecular weight excluding hydrogens is 352 g/mol. The van der Waals surface area contributed by atoms with Crippen molar-refractivity contribution in [3.63, 3.8) is 0 Å². The molecule has 0 saturated carbocycles. The Morgan fingerprint density at radius 1 is 0.714 bits per heavy atom. The molecule has 2 heterocycles. The first-order valence-electron chi connectivity index (χ1n) is 10.1. The number of nitrogens with zero attached hydrogens (tertiary/aromatic N) is 2. The average molecular weight is 380 g/mol. The molecule has 0 aromatic heterocycles. The zero-order valence-electron chi connectivity index (χ0n) is 16.2. The fraction of sp³-hybridized carbons (Fsp3) is 0.435. The Bertz CT molecular complexity index is 741. The van der Waals surface area contributed by atoms with Crippen molar-refractivity contribution in [3.05, 3.63) is 71.8 Å². The predicted octanol–water partition coefficient (Wildman–Crippen LogP) is 2.64. The van der Waals surface area contributed by atoms with Crippen LogP contribution in [0.1, 0.15) is 22.0 Å². The molecule has 0 aliphatic carbocycles. The Hall–Kier alpha value is -2.05. The molecule has 0 unspecified atom stereocenters. The highest BCUT2D eigenvalue weighted by Gasteiger charge is 2.39. The van der Waals surface area contributed by atoms with Gasteiger partial charge in [0.25, 0.3) is 0 Å². The Labute approximate surface area is 166 Å². The van der Waals surface area contributed by atoms with Crippen LogP contribution in [0.2, 0.25) is 0 Å². The fourth-order valence-corrected chi connectivity index (χ4v) is 4.24. The smallest absolute Gasteiger partial charge is 0.181 e. The van der Waals surface area contributed by atoms with E-state index in [1.165, 1.54) is 5.56 Å². The van der Waals surface area contributed by atoms with Crippen LogP contribution in [0, 0.1) is 0 Å². The molecule has 2 saturated heterocycles. The monoisotopic (exact) mass is 380 g/mol. The first-order valence-corrected chi connectivity index (χ1v) is 10.1. The number of carbonyl (C=O) groups excluding carboxylic acids is 1. The second-order valence-electron chi connectivity index (χ2n) is 7.33. The number of ether oxygens (including phenoxy) is 2. The molecular formula is C23H28N2O3. The van der Waals surface area contributed by atoms with Gasteiger partial charge in [-0.05, 0) is 5.56 Å². The van der Waals surface area contributed by atoms with Crippen LogP contribution in [0.3, 0.4) is 0 Å². The van der Waals surface area contributed by atoms with Crippen LogP contribution < -0.4 is 0 Å². The molecule has 5 nitrogen and oxygen atoms in total. The molecule has 0 radical (unpaired) electrons. The average Bonchev–Trinajstić information content (AvgIpc) is 2.79. The fourth-order valence-electron chi connectivity index (χ4n) is 4.24. The lowest BCUT2D eigenvalue weighted by atomic mass is 9.89. The third kappa shape index (κ3) is 4.33. The van der Waals surface area contributed by atoms with E-state index < -0.39 is 0 Å². The van der Waals surface area contributed by atoms with Crippen LogP contribution in [0.25, 0.3) is 0 Å². The normalized spacial score (nSPS) is 21.1. The van der Waals surface area contributed by atoms with Crippen LogP contribution >= 0.6 is 0 Å². The molecule has 0 spiro atoms. The quantitative estimate of drug-likeness (QED) is 0.721. The number of hydrogen-bond acceptors (Lipinski definition) is 5. The van der Waals surface area contributed by atoms with E-state index in [1.807, 2.05) is 36.4 Å². The highest BCUT2D eigenvalue weighted by molar-refractivity contribution is 6.00. The molecule has 5 heteroatoms. The molecule has 0 bridgehead atoms. The summed E-state index contributed by atoms with van der Waals surface area (Å²) in [5.41, 5.74) is 1.96. The second-order valence-corrected chi connectivity index (χ2v) is 7.33. The van der Waals surface area contributed by atoms with Crippen LogP contribution in [0.15, 0.2) is 60.7 Å². The van der Waals surface area contributed by atoms with E-state index in [4.69, 9.17) is 9.47 Å². The third-order valence-electron chi connectivity index (χ3n) is 5.65. The molecule has 148 valence electrons. The van der Waals surface area contributed by atoms with Gasteiger partial charge in [-0.3, -0.25) is 14.6 Å². The number of carbonyl (C=O) groups is 1. The lowest BCUT2D eigenvalue weighted by Gasteiger charge is -2.44. The SMILES string of the molecule is O=C(c1ccccc1)[C@H]([C@@H](c1ccccc1)N1CCOCC1)N1CCOCC1. The molecule has 2 aliphatic heterocycles. The van der Waals surface area contributed by atoms with Crippen molar-refractivity contribution in [2.45, 2.75) is 12.1 Å². The summed E-state index contributed by atoms with van der Waals surface area (Å²) in [7, 11) is 0. The van der Waals surface area contributed by atoms with Crippen molar-refractivity contribution < 1.29 is 14.3 Å². The van der Waals surface area contributed by atoms with Gasteiger partial charge in [-0.15, -0.1) is 0 Å². The Morgan fingerprint density at radius 2 is 1.21 bits per heavy atom. The summed E-state index contributed by atoms with van der Waals surface area (Å²) in [6.45, 7) is 5.97. The highest BCUT2D eigenvalue weighted by atomic mass is 16.5. The Morgan fingerprint density at radius 3 is 1.79 bits per heavy atom. The van der Waals surface area contributed by atoms with Crippen LogP contribution in [0.5, 0.6) is 0 Å². The summed E-state index contributed by atoms with van der Waals surface area (Å²) in [6.07, 6.45) is 0. The number of benzene rings is 2. The first kappa shape index (κ1) is 19.3. The molecule has 2 aromatic carbocycles. The lowest BCUT2D eigenvalue weighted by Crippen LogP contribution is -2.55. The largest absolute Gasteiger partial charge is 0.379 e. The van der Waals surface area contributed by atoms with E-state index in [1.54, 1.807) is 0 Å². The van der Waals surface area contributed by atoms with E-state index in [0.717, 1.165) is 31.7 Å². The summed E-state index contributed by atoms with van der Waals surface area (Å²) in [4.78, 5) is 18.5. The maximum atomic E-state index is 13.8. The van der Waals surface area contributed by atoms with Crippen molar-refractivity contribution in [2.24, 2.45) is 0 Å². The zero-order valence-corrected chi connectivity index (χ0v) is 16.2. The second kappa shape index (κ2) is 9.43. The van der Waals surface area contributed by atoms with Crippen molar-refractivity contribution in [3.8, 4) is 0 Å². The number of Topliss-reactive ketones (excluding diaryl/α,β-unsaturated/α-hetero) is 1. The Kier molecular flexibility index (Phi) is 6.49. The van der Waals surface area contributed by atoms with Gasteiger partial charge in [0.05, 0.1) is 38.5 Å². The van der Waals surface area contributed by atoms with Crippen molar-refractivity contribution in [1.82, 2.24) is 9.80 Å². The van der Waals surface area contributed by atoms with Gasteiger partial charge in [0.1, 0.15) is 0 Å². The third-order valence-corrected chi connectivity index (χ3v) is 5.65. The van der Waals surface area contributed by atoms with Crippen molar-refractivity contribution in [2.75, 3.05) is 52.6 Å². The topological polar surface area (TPSA) is 42.0 Å². The summed E-state index contributed by atoms with van der Waals surface area (Å²) >= 11 is 0. The van der Waals surface area contributed by atoms with Gasteiger partial charge in [-0.25, -0.2) is 0 Å². The maximum absolute atomic E-state index is 13.8. The molecule has 28 heavy (non-hydrogen) atoms. The van der Waals surface area contributed by atoms with Gasteiger partial charge in [0.2, 0.25) is 0 Å².